The van der Waals surface area contributed by atoms with Crippen LogP contribution < -0.4 is 5.73 Å². The lowest BCUT2D eigenvalue weighted by Gasteiger charge is -2.34. The van der Waals surface area contributed by atoms with Crippen molar-refractivity contribution < 1.29 is 0 Å². The summed E-state index contributed by atoms with van der Waals surface area (Å²) < 4.78 is 0. The summed E-state index contributed by atoms with van der Waals surface area (Å²) in [6.07, 6.45) is 3.42. The topological polar surface area (TPSA) is 29.3 Å². The highest BCUT2D eigenvalue weighted by atomic mass is 32.1. The van der Waals surface area contributed by atoms with Crippen molar-refractivity contribution in [3.8, 4) is 0 Å². The number of thiophene rings is 1. The van der Waals surface area contributed by atoms with Crippen molar-refractivity contribution >= 4 is 11.3 Å². The van der Waals surface area contributed by atoms with E-state index in [2.05, 4.69) is 44.7 Å². The Morgan fingerprint density at radius 1 is 1.17 bits per heavy atom. The second-order valence-corrected chi connectivity index (χ2v) is 6.32. The molecular weight excluding hydrogens is 240 g/mol. The van der Waals surface area contributed by atoms with Crippen LogP contribution in [-0.2, 0) is 0 Å². The van der Waals surface area contributed by atoms with Gasteiger partial charge in [-0.15, -0.1) is 11.3 Å². The van der Waals surface area contributed by atoms with Crippen molar-refractivity contribution in [1.29, 1.82) is 0 Å². The Labute approximate surface area is 116 Å². The maximum atomic E-state index is 6.38. The molecule has 104 valence electrons. The SMILES string of the molecule is CCCN(CCC)C(c1ccc(C)s1)C(N)CC. The maximum absolute atomic E-state index is 6.38. The highest BCUT2D eigenvalue weighted by molar-refractivity contribution is 7.12. The monoisotopic (exact) mass is 268 g/mol. The van der Waals surface area contributed by atoms with Gasteiger partial charge in [0, 0.05) is 15.8 Å². The van der Waals surface area contributed by atoms with Gasteiger partial charge in [-0.25, -0.2) is 0 Å². The average Bonchev–Trinajstić information content (AvgIpc) is 2.76. The molecule has 1 aromatic rings. The normalized spacial score (nSPS) is 15.0. The third-order valence-corrected chi connectivity index (χ3v) is 4.42. The second kappa shape index (κ2) is 7.93. The lowest BCUT2D eigenvalue weighted by molar-refractivity contribution is 0.172. The van der Waals surface area contributed by atoms with Crippen LogP contribution in [0.4, 0.5) is 0 Å². The van der Waals surface area contributed by atoms with E-state index in [0.717, 1.165) is 19.5 Å². The first-order valence-electron chi connectivity index (χ1n) is 7.19. The molecular formula is C15H28N2S. The van der Waals surface area contributed by atoms with Gasteiger partial charge in [0.15, 0.2) is 0 Å². The zero-order chi connectivity index (χ0) is 13.5. The van der Waals surface area contributed by atoms with Crippen LogP contribution >= 0.6 is 11.3 Å². The van der Waals surface area contributed by atoms with Crippen LogP contribution in [0, 0.1) is 6.92 Å². The highest BCUT2D eigenvalue weighted by Gasteiger charge is 2.25. The summed E-state index contributed by atoms with van der Waals surface area (Å²) in [7, 11) is 0. The Kier molecular flexibility index (Phi) is 6.90. The lowest BCUT2D eigenvalue weighted by Crippen LogP contribution is -2.41. The van der Waals surface area contributed by atoms with Crippen LogP contribution in [0.5, 0.6) is 0 Å². The molecule has 0 aliphatic heterocycles. The highest BCUT2D eigenvalue weighted by Crippen LogP contribution is 2.31. The summed E-state index contributed by atoms with van der Waals surface area (Å²) in [4.78, 5) is 5.38. The van der Waals surface area contributed by atoms with Crippen molar-refractivity contribution in [1.82, 2.24) is 4.90 Å². The molecule has 1 heterocycles. The molecule has 0 aliphatic carbocycles. The van der Waals surface area contributed by atoms with E-state index in [1.807, 2.05) is 11.3 Å². The summed E-state index contributed by atoms with van der Waals surface area (Å²) >= 11 is 1.90. The molecule has 18 heavy (non-hydrogen) atoms. The molecule has 1 rings (SSSR count). The molecule has 2 nitrogen and oxygen atoms in total. The van der Waals surface area contributed by atoms with Gasteiger partial charge in [0.25, 0.3) is 0 Å². The summed E-state index contributed by atoms with van der Waals surface area (Å²) in [5.41, 5.74) is 6.38. The van der Waals surface area contributed by atoms with Gasteiger partial charge in [0.1, 0.15) is 0 Å². The predicted octanol–water partition coefficient (Wildman–Crippen LogP) is 3.96. The van der Waals surface area contributed by atoms with E-state index < -0.39 is 0 Å². The first-order chi connectivity index (χ1) is 8.63. The maximum Gasteiger partial charge on any atom is 0.0593 e. The van der Waals surface area contributed by atoms with Crippen LogP contribution in [0.15, 0.2) is 12.1 Å². The molecule has 0 spiro atoms. The van der Waals surface area contributed by atoms with E-state index in [1.165, 1.54) is 22.6 Å². The number of nitrogens with zero attached hydrogens (tertiary/aromatic N) is 1. The van der Waals surface area contributed by atoms with Gasteiger partial charge in [0.05, 0.1) is 6.04 Å². The lowest BCUT2D eigenvalue weighted by atomic mass is 10.0. The molecule has 0 saturated carbocycles. The van der Waals surface area contributed by atoms with Crippen molar-refractivity contribution in [3.63, 3.8) is 0 Å². The standard InChI is InChI=1S/C15H28N2S/c1-5-10-17(11-6-2)15(13(16)7-3)14-9-8-12(4)18-14/h8-9,13,15H,5-7,10-11,16H2,1-4H3. The van der Waals surface area contributed by atoms with E-state index in [1.54, 1.807) is 0 Å². The van der Waals surface area contributed by atoms with Gasteiger partial charge in [0.2, 0.25) is 0 Å². The van der Waals surface area contributed by atoms with Gasteiger partial charge < -0.3 is 5.73 Å². The quantitative estimate of drug-likeness (QED) is 0.773. The summed E-state index contributed by atoms with van der Waals surface area (Å²) in [5, 5.41) is 0. The number of nitrogens with two attached hydrogens (primary N) is 1. The zero-order valence-corrected chi connectivity index (χ0v) is 13.1. The third kappa shape index (κ3) is 4.08. The van der Waals surface area contributed by atoms with Crippen LogP contribution in [-0.4, -0.2) is 24.0 Å². The Bertz CT molecular complexity index is 329. The second-order valence-electron chi connectivity index (χ2n) is 5.00. The van der Waals surface area contributed by atoms with E-state index in [9.17, 15) is 0 Å². The molecule has 0 aliphatic rings. The van der Waals surface area contributed by atoms with Gasteiger partial charge in [-0.05, 0) is 51.4 Å². The van der Waals surface area contributed by atoms with Crippen LogP contribution in [0.25, 0.3) is 0 Å². The van der Waals surface area contributed by atoms with Crippen LogP contribution in [0.1, 0.15) is 55.8 Å². The minimum Gasteiger partial charge on any atom is -0.326 e. The minimum atomic E-state index is 0.237. The van der Waals surface area contributed by atoms with Crippen molar-refractivity contribution in [2.24, 2.45) is 5.73 Å². The largest absolute Gasteiger partial charge is 0.326 e. The molecule has 3 heteroatoms. The Morgan fingerprint density at radius 3 is 2.17 bits per heavy atom. The van der Waals surface area contributed by atoms with Crippen LogP contribution in [0.3, 0.4) is 0 Å². The fourth-order valence-corrected chi connectivity index (χ4v) is 3.55. The predicted molar refractivity (Wildman–Crippen MR) is 82.2 cm³/mol. The Hall–Kier alpha value is -0.380. The molecule has 0 bridgehead atoms. The molecule has 0 saturated heterocycles. The van der Waals surface area contributed by atoms with Gasteiger partial charge >= 0.3 is 0 Å². The summed E-state index contributed by atoms with van der Waals surface area (Å²) in [6, 6.07) is 5.11. The van der Waals surface area contributed by atoms with Crippen molar-refractivity contribution in [2.75, 3.05) is 13.1 Å². The minimum absolute atomic E-state index is 0.237. The van der Waals surface area contributed by atoms with E-state index in [4.69, 9.17) is 5.73 Å². The number of rotatable bonds is 8. The first kappa shape index (κ1) is 15.7. The van der Waals surface area contributed by atoms with E-state index in [-0.39, 0.29) is 6.04 Å². The number of aryl methyl sites for hydroxylation is 1. The average molecular weight is 268 g/mol. The van der Waals surface area contributed by atoms with Gasteiger partial charge in [-0.3, -0.25) is 4.90 Å². The van der Waals surface area contributed by atoms with Gasteiger partial charge in [-0.2, -0.15) is 0 Å². The molecule has 0 amide bonds. The summed E-state index contributed by atoms with van der Waals surface area (Å²) in [5.74, 6) is 0. The molecule has 0 fully saturated rings. The Balaban J connectivity index is 2.94. The number of hydrogen-bond acceptors (Lipinski definition) is 3. The third-order valence-electron chi connectivity index (χ3n) is 3.34. The summed E-state index contributed by atoms with van der Waals surface area (Å²) in [6.45, 7) is 11.1. The first-order valence-corrected chi connectivity index (χ1v) is 8.01. The smallest absolute Gasteiger partial charge is 0.0593 e. The number of hydrogen-bond donors (Lipinski definition) is 1. The molecule has 2 atom stereocenters. The van der Waals surface area contributed by atoms with Crippen molar-refractivity contribution in [2.45, 2.75) is 59.0 Å². The molecule has 2 N–H and O–H groups in total. The van der Waals surface area contributed by atoms with E-state index in [0.29, 0.717) is 6.04 Å². The molecule has 0 radical (unpaired) electrons. The molecule has 2 unspecified atom stereocenters. The fraction of sp³-hybridized carbons (Fsp3) is 0.733. The van der Waals surface area contributed by atoms with Gasteiger partial charge in [-0.1, -0.05) is 20.8 Å². The van der Waals surface area contributed by atoms with E-state index >= 15 is 0 Å². The molecule has 1 aromatic heterocycles. The van der Waals surface area contributed by atoms with Crippen LogP contribution in [0.2, 0.25) is 0 Å². The van der Waals surface area contributed by atoms with Crippen molar-refractivity contribution in [3.05, 3.63) is 21.9 Å². The zero-order valence-electron chi connectivity index (χ0n) is 12.3. The molecule has 0 aromatic carbocycles. The Morgan fingerprint density at radius 2 is 1.78 bits per heavy atom. The fourth-order valence-electron chi connectivity index (χ4n) is 2.46.